The van der Waals surface area contributed by atoms with Gasteiger partial charge in [-0.1, -0.05) is 6.07 Å². The number of carbonyl (C=O) groups is 1. The first-order valence-corrected chi connectivity index (χ1v) is 5.46. The SMILES string of the molecule is CC(=O)[C@H]1C[C@]12CCc1ccc(O)cc12. The van der Waals surface area contributed by atoms with Gasteiger partial charge in [-0.15, -0.1) is 0 Å². The van der Waals surface area contributed by atoms with Crippen molar-refractivity contribution in [2.45, 2.75) is 31.6 Å². The molecule has 1 saturated carbocycles. The molecule has 15 heavy (non-hydrogen) atoms. The number of rotatable bonds is 1. The van der Waals surface area contributed by atoms with Gasteiger partial charge in [0.2, 0.25) is 0 Å². The molecule has 1 aromatic carbocycles. The van der Waals surface area contributed by atoms with Crippen molar-refractivity contribution < 1.29 is 9.90 Å². The summed E-state index contributed by atoms with van der Waals surface area (Å²) in [6, 6.07) is 5.59. The molecular weight excluding hydrogens is 188 g/mol. The van der Waals surface area contributed by atoms with Crippen molar-refractivity contribution in [3.8, 4) is 5.75 Å². The smallest absolute Gasteiger partial charge is 0.133 e. The predicted molar refractivity (Wildman–Crippen MR) is 56.9 cm³/mol. The lowest BCUT2D eigenvalue weighted by atomic mass is 9.94. The average molecular weight is 202 g/mol. The molecule has 2 atom stereocenters. The van der Waals surface area contributed by atoms with Gasteiger partial charge in [0.1, 0.15) is 11.5 Å². The highest BCUT2D eigenvalue weighted by molar-refractivity contribution is 5.84. The van der Waals surface area contributed by atoms with E-state index in [0.717, 1.165) is 19.3 Å². The van der Waals surface area contributed by atoms with Crippen LogP contribution in [0.25, 0.3) is 0 Å². The third kappa shape index (κ3) is 1.08. The van der Waals surface area contributed by atoms with Crippen LogP contribution in [0.1, 0.15) is 30.9 Å². The lowest BCUT2D eigenvalue weighted by Gasteiger charge is -2.10. The van der Waals surface area contributed by atoms with E-state index in [9.17, 15) is 9.90 Å². The van der Waals surface area contributed by atoms with E-state index in [2.05, 4.69) is 0 Å². The molecule has 0 saturated heterocycles. The summed E-state index contributed by atoms with van der Waals surface area (Å²) in [5, 5.41) is 9.50. The van der Waals surface area contributed by atoms with Gasteiger partial charge in [-0.25, -0.2) is 0 Å². The first-order valence-electron chi connectivity index (χ1n) is 5.46. The summed E-state index contributed by atoms with van der Waals surface area (Å²) in [7, 11) is 0. The van der Waals surface area contributed by atoms with E-state index in [4.69, 9.17) is 0 Å². The molecule has 1 aromatic rings. The minimum atomic E-state index is 0.0971. The van der Waals surface area contributed by atoms with Crippen LogP contribution in [-0.2, 0) is 16.6 Å². The standard InChI is InChI=1S/C13H14O2/c1-8(14)12-7-13(12)5-4-9-2-3-10(15)6-11(9)13/h2-3,6,12,15H,4-5,7H2,1H3/t12-,13+/m1/s1. The highest BCUT2D eigenvalue weighted by Gasteiger charge is 2.60. The highest BCUT2D eigenvalue weighted by Crippen LogP contribution is 2.62. The normalized spacial score (nSPS) is 31.7. The first-order chi connectivity index (χ1) is 7.13. The van der Waals surface area contributed by atoms with E-state index in [1.807, 2.05) is 12.1 Å². The predicted octanol–water partition coefficient (Wildman–Crippen LogP) is 2.19. The summed E-state index contributed by atoms with van der Waals surface area (Å²) in [6.07, 6.45) is 3.12. The second-order valence-corrected chi connectivity index (χ2v) is 4.86. The zero-order chi connectivity index (χ0) is 10.6. The Morgan fingerprint density at radius 2 is 2.33 bits per heavy atom. The third-order valence-corrected chi connectivity index (χ3v) is 4.04. The molecule has 2 heteroatoms. The van der Waals surface area contributed by atoms with Crippen molar-refractivity contribution in [2.24, 2.45) is 5.92 Å². The van der Waals surface area contributed by atoms with E-state index in [-0.39, 0.29) is 11.3 Å². The van der Waals surface area contributed by atoms with Crippen LogP contribution < -0.4 is 0 Å². The number of phenols is 1. The first kappa shape index (κ1) is 8.96. The Kier molecular flexibility index (Phi) is 1.57. The molecule has 0 bridgehead atoms. The van der Waals surface area contributed by atoms with Crippen LogP contribution in [0.3, 0.4) is 0 Å². The number of hydrogen-bond donors (Lipinski definition) is 1. The Hall–Kier alpha value is -1.31. The zero-order valence-corrected chi connectivity index (χ0v) is 8.79. The van der Waals surface area contributed by atoms with Gasteiger partial charge in [-0.3, -0.25) is 4.79 Å². The lowest BCUT2D eigenvalue weighted by Crippen LogP contribution is -2.09. The molecule has 2 aliphatic carbocycles. The van der Waals surface area contributed by atoms with Gasteiger partial charge in [-0.2, -0.15) is 0 Å². The Morgan fingerprint density at radius 3 is 3.00 bits per heavy atom. The molecule has 78 valence electrons. The summed E-state index contributed by atoms with van der Waals surface area (Å²) in [5.41, 5.74) is 2.64. The van der Waals surface area contributed by atoms with E-state index in [1.165, 1.54) is 11.1 Å². The number of aromatic hydroxyl groups is 1. The number of aryl methyl sites for hydroxylation is 1. The Balaban J connectivity index is 2.06. The Morgan fingerprint density at radius 1 is 1.53 bits per heavy atom. The molecule has 0 radical (unpaired) electrons. The van der Waals surface area contributed by atoms with Crippen molar-refractivity contribution in [3.05, 3.63) is 29.3 Å². The van der Waals surface area contributed by atoms with Crippen molar-refractivity contribution in [3.63, 3.8) is 0 Å². The van der Waals surface area contributed by atoms with E-state index >= 15 is 0 Å². The van der Waals surface area contributed by atoms with Crippen molar-refractivity contribution in [1.82, 2.24) is 0 Å². The summed E-state index contributed by atoms with van der Waals surface area (Å²) in [6.45, 7) is 1.68. The summed E-state index contributed by atoms with van der Waals surface area (Å²) in [4.78, 5) is 11.4. The maximum Gasteiger partial charge on any atom is 0.133 e. The van der Waals surface area contributed by atoms with Crippen LogP contribution in [-0.4, -0.2) is 10.9 Å². The number of Topliss-reactive ketones (excluding diaryl/α,β-unsaturated/α-hetero) is 1. The summed E-state index contributed by atoms with van der Waals surface area (Å²) < 4.78 is 0. The van der Waals surface area contributed by atoms with Gasteiger partial charge in [0.25, 0.3) is 0 Å². The van der Waals surface area contributed by atoms with E-state index < -0.39 is 0 Å². The van der Waals surface area contributed by atoms with Crippen molar-refractivity contribution >= 4 is 5.78 Å². The maximum absolute atomic E-state index is 11.4. The topological polar surface area (TPSA) is 37.3 Å². The fraction of sp³-hybridized carbons (Fsp3) is 0.462. The number of phenolic OH excluding ortho intramolecular Hbond substituents is 1. The van der Waals surface area contributed by atoms with E-state index in [0.29, 0.717) is 11.5 Å². The number of hydrogen-bond acceptors (Lipinski definition) is 2. The molecule has 0 aromatic heterocycles. The number of fused-ring (bicyclic) bond motifs is 2. The largest absolute Gasteiger partial charge is 0.508 e. The molecular formula is C13H14O2. The summed E-state index contributed by atoms with van der Waals surface area (Å²) >= 11 is 0. The fourth-order valence-corrected chi connectivity index (χ4v) is 3.15. The van der Waals surface area contributed by atoms with Crippen LogP contribution >= 0.6 is 0 Å². The molecule has 2 aliphatic rings. The summed E-state index contributed by atoms with van der Waals surface area (Å²) in [5.74, 6) is 0.830. The fourth-order valence-electron chi connectivity index (χ4n) is 3.15. The minimum absolute atomic E-state index is 0.0971. The van der Waals surface area contributed by atoms with Crippen molar-refractivity contribution in [1.29, 1.82) is 0 Å². The van der Waals surface area contributed by atoms with E-state index in [1.54, 1.807) is 13.0 Å². The molecule has 3 rings (SSSR count). The minimum Gasteiger partial charge on any atom is -0.508 e. The number of benzene rings is 1. The van der Waals surface area contributed by atoms with Crippen LogP contribution in [0.4, 0.5) is 0 Å². The monoisotopic (exact) mass is 202 g/mol. The second kappa shape index (κ2) is 2.63. The van der Waals surface area contributed by atoms with Gasteiger partial charge >= 0.3 is 0 Å². The molecule has 1 spiro atoms. The Bertz CT molecular complexity index is 450. The molecule has 0 aliphatic heterocycles. The van der Waals surface area contributed by atoms with Crippen LogP contribution in [0.15, 0.2) is 18.2 Å². The zero-order valence-electron chi connectivity index (χ0n) is 8.79. The van der Waals surface area contributed by atoms with Gasteiger partial charge in [0.15, 0.2) is 0 Å². The molecule has 1 fully saturated rings. The second-order valence-electron chi connectivity index (χ2n) is 4.86. The molecule has 2 nitrogen and oxygen atoms in total. The van der Waals surface area contributed by atoms with Gasteiger partial charge in [0, 0.05) is 11.3 Å². The van der Waals surface area contributed by atoms with Crippen LogP contribution in [0.5, 0.6) is 5.75 Å². The molecule has 0 amide bonds. The quantitative estimate of drug-likeness (QED) is 0.758. The lowest BCUT2D eigenvalue weighted by molar-refractivity contribution is -0.118. The van der Waals surface area contributed by atoms with Gasteiger partial charge < -0.3 is 5.11 Å². The average Bonchev–Trinajstić information content (AvgIpc) is 2.81. The third-order valence-electron chi connectivity index (χ3n) is 4.04. The van der Waals surface area contributed by atoms with Gasteiger partial charge in [-0.05, 0) is 49.4 Å². The molecule has 1 N–H and O–H groups in total. The van der Waals surface area contributed by atoms with Crippen molar-refractivity contribution in [2.75, 3.05) is 0 Å². The molecule has 0 unspecified atom stereocenters. The Labute approximate surface area is 88.9 Å². The molecule has 0 heterocycles. The highest BCUT2D eigenvalue weighted by atomic mass is 16.3. The van der Waals surface area contributed by atoms with Crippen LogP contribution in [0.2, 0.25) is 0 Å². The number of ketones is 1. The van der Waals surface area contributed by atoms with Crippen LogP contribution in [0, 0.1) is 5.92 Å². The maximum atomic E-state index is 11.4. The van der Waals surface area contributed by atoms with Gasteiger partial charge in [0.05, 0.1) is 0 Å². The number of carbonyl (C=O) groups excluding carboxylic acids is 1.